The van der Waals surface area contributed by atoms with E-state index in [1.54, 1.807) is 36.1 Å². The maximum atomic E-state index is 10.8. The number of anilines is 2. The van der Waals surface area contributed by atoms with E-state index >= 15 is 0 Å². The Morgan fingerprint density at radius 1 is 1.24 bits per heavy atom. The summed E-state index contributed by atoms with van der Waals surface area (Å²) in [5, 5.41) is 35.7. The number of carbonyl (C=O) groups excluding carboxylic acids is 1. The second-order valence-corrected chi connectivity index (χ2v) is 9.26. The van der Waals surface area contributed by atoms with Gasteiger partial charge in [-0.1, -0.05) is 5.21 Å². The first-order valence-corrected chi connectivity index (χ1v) is 12.1. The number of hydrogen-bond donors (Lipinski definition) is 2. The molecule has 186 valence electrons. The van der Waals surface area contributed by atoms with E-state index in [2.05, 4.69) is 36.8 Å². The number of rotatable bonds is 7. The van der Waals surface area contributed by atoms with E-state index in [0.717, 1.165) is 37.7 Å². The maximum absolute atomic E-state index is 10.8. The molecule has 0 radical (unpaired) electrons. The molecule has 1 aliphatic carbocycles. The van der Waals surface area contributed by atoms with E-state index in [1.165, 1.54) is 4.68 Å². The largest absolute Gasteiger partial charge is 0.383 e. The van der Waals surface area contributed by atoms with Crippen molar-refractivity contribution in [1.29, 1.82) is 10.5 Å². The number of fused-ring (bicyclic) bond motifs is 1. The second kappa shape index (κ2) is 10.0. The zero-order valence-electron chi connectivity index (χ0n) is 20.2. The molecule has 12 heteroatoms. The van der Waals surface area contributed by atoms with Crippen LogP contribution in [0.2, 0.25) is 0 Å². The number of aromatic nitrogens is 7. The zero-order chi connectivity index (χ0) is 25.9. The molecule has 4 heterocycles. The van der Waals surface area contributed by atoms with E-state index < -0.39 is 6.04 Å². The third-order valence-electron chi connectivity index (χ3n) is 6.80. The summed E-state index contributed by atoms with van der Waals surface area (Å²) >= 11 is 0. The number of nitriles is 2. The Morgan fingerprint density at radius 3 is 2.78 bits per heavy atom. The van der Waals surface area contributed by atoms with Crippen LogP contribution in [0.4, 0.5) is 11.5 Å². The van der Waals surface area contributed by atoms with E-state index in [1.807, 2.05) is 12.3 Å². The number of pyridine rings is 2. The van der Waals surface area contributed by atoms with Gasteiger partial charge in [-0.05, 0) is 44.6 Å². The lowest BCUT2D eigenvalue weighted by Crippen LogP contribution is -2.16. The summed E-state index contributed by atoms with van der Waals surface area (Å²) in [4.78, 5) is 19.7. The lowest BCUT2D eigenvalue weighted by Gasteiger charge is -2.25. The molecule has 12 nitrogen and oxygen atoms in total. The number of nitrogen functional groups attached to an aromatic ring is 1. The van der Waals surface area contributed by atoms with Crippen LogP contribution in [0.3, 0.4) is 0 Å². The first-order valence-electron chi connectivity index (χ1n) is 12.1. The van der Waals surface area contributed by atoms with Gasteiger partial charge in [0.1, 0.15) is 29.9 Å². The van der Waals surface area contributed by atoms with Crippen LogP contribution in [0.1, 0.15) is 56.2 Å². The van der Waals surface area contributed by atoms with E-state index in [-0.39, 0.29) is 11.4 Å². The molecule has 0 unspecified atom stereocenters. The van der Waals surface area contributed by atoms with Crippen molar-refractivity contribution in [2.24, 2.45) is 5.92 Å². The standard InChI is InChI=1S/C25H25N11O/c1-15(10-26)31-20-9-23(36-25-19(12-30-36)8-18(11-27)24(28)32-25)29-13-22(20)35-14-21(33-34-35)17-4-2-16(3-5-17)6-7-37/h7-9,12-17H,2-6H2,1H3,(H2,28,32)(H,29,31)/t15-,16?,17?/m1/s1. The summed E-state index contributed by atoms with van der Waals surface area (Å²) in [6.07, 6.45) is 10.7. The van der Waals surface area contributed by atoms with Crippen LogP contribution in [0.25, 0.3) is 22.5 Å². The van der Waals surface area contributed by atoms with Crippen LogP contribution in [0.5, 0.6) is 0 Å². The normalized spacial score (nSPS) is 18.1. The first kappa shape index (κ1) is 23.9. The van der Waals surface area contributed by atoms with Crippen LogP contribution >= 0.6 is 0 Å². The predicted octanol–water partition coefficient (Wildman–Crippen LogP) is 3.04. The van der Waals surface area contributed by atoms with Crippen molar-refractivity contribution in [1.82, 2.24) is 34.7 Å². The molecule has 0 aliphatic heterocycles. The Kier molecular flexibility index (Phi) is 6.47. The Labute approximate surface area is 212 Å². The lowest BCUT2D eigenvalue weighted by molar-refractivity contribution is -0.108. The van der Waals surface area contributed by atoms with Crippen molar-refractivity contribution in [3.63, 3.8) is 0 Å². The molecule has 37 heavy (non-hydrogen) atoms. The van der Waals surface area contributed by atoms with Crippen molar-refractivity contribution < 1.29 is 4.79 Å². The summed E-state index contributed by atoms with van der Waals surface area (Å²) in [6.45, 7) is 1.75. The number of carbonyl (C=O) groups is 1. The van der Waals surface area contributed by atoms with Gasteiger partial charge in [-0.2, -0.15) is 20.3 Å². The van der Waals surface area contributed by atoms with Gasteiger partial charge in [-0.15, -0.1) is 5.10 Å². The van der Waals surface area contributed by atoms with Crippen LogP contribution in [-0.4, -0.2) is 47.1 Å². The molecule has 3 N–H and O–H groups in total. The molecule has 5 rings (SSSR count). The SMILES string of the molecule is C[C@H](C#N)Nc1cc(-n2ncc3cc(C#N)c(N)nc32)ncc1-n1cc(C2CCC(CC=O)CC2)nn1. The highest BCUT2D eigenvalue weighted by atomic mass is 16.1. The second-order valence-electron chi connectivity index (χ2n) is 9.26. The van der Waals surface area contributed by atoms with Crippen molar-refractivity contribution in [3.05, 3.63) is 42.0 Å². The first-order chi connectivity index (χ1) is 18.0. The summed E-state index contributed by atoms with van der Waals surface area (Å²) < 4.78 is 3.19. The topological polar surface area (TPSA) is 177 Å². The third-order valence-corrected chi connectivity index (χ3v) is 6.80. The van der Waals surface area contributed by atoms with Crippen LogP contribution < -0.4 is 11.1 Å². The van der Waals surface area contributed by atoms with Crippen molar-refractivity contribution in [3.8, 4) is 23.6 Å². The molecular weight excluding hydrogens is 470 g/mol. The molecule has 0 spiro atoms. The Morgan fingerprint density at radius 2 is 2.05 bits per heavy atom. The molecule has 4 aromatic rings. The van der Waals surface area contributed by atoms with Gasteiger partial charge in [0.05, 0.1) is 41.6 Å². The molecule has 0 aromatic carbocycles. The maximum Gasteiger partial charge on any atom is 0.167 e. The van der Waals surface area contributed by atoms with Crippen molar-refractivity contribution >= 4 is 28.8 Å². The molecule has 0 amide bonds. The van der Waals surface area contributed by atoms with Gasteiger partial charge < -0.3 is 15.8 Å². The summed E-state index contributed by atoms with van der Waals surface area (Å²) in [6, 6.07) is 7.12. The fourth-order valence-electron chi connectivity index (χ4n) is 4.76. The number of nitrogens with two attached hydrogens (primary N) is 1. The molecule has 1 atom stereocenters. The number of nitrogens with zero attached hydrogens (tertiary/aromatic N) is 9. The Bertz CT molecular complexity index is 1530. The molecule has 1 aliphatic rings. The minimum atomic E-state index is -0.480. The van der Waals surface area contributed by atoms with Gasteiger partial charge in [-0.25, -0.2) is 14.6 Å². The highest BCUT2D eigenvalue weighted by molar-refractivity contribution is 5.80. The fraction of sp³-hybridized carbons (Fsp3) is 0.360. The minimum absolute atomic E-state index is 0.111. The van der Waals surface area contributed by atoms with Gasteiger partial charge in [0.25, 0.3) is 0 Å². The average Bonchev–Trinajstić information content (AvgIpc) is 3.56. The van der Waals surface area contributed by atoms with E-state index in [0.29, 0.717) is 46.5 Å². The third kappa shape index (κ3) is 4.69. The van der Waals surface area contributed by atoms with E-state index in [9.17, 15) is 15.3 Å². The lowest BCUT2D eigenvalue weighted by atomic mass is 9.79. The molecule has 1 fully saturated rings. The predicted molar refractivity (Wildman–Crippen MR) is 135 cm³/mol. The fourth-order valence-corrected chi connectivity index (χ4v) is 4.76. The number of nitrogens with one attached hydrogen (secondary N) is 1. The molecule has 0 bridgehead atoms. The van der Waals surface area contributed by atoms with Gasteiger partial charge in [0.15, 0.2) is 11.5 Å². The van der Waals surface area contributed by atoms with Gasteiger partial charge >= 0.3 is 0 Å². The van der Waals surface area contributed by atoms with E-state index in [4.69, 9.17) is 5.73 Å². The number of hydrogen-bond acceptors (Lipinski definition) is 10. The molecular formula is C25H25N11O. The van der Waals surface area contributed by atoms with Crippen molar-refractivity contribution in [2.75, 3.05) is 11.1 Å². The van der Waals surface area contributed by atoms with Gasteiger partial charge in [-0.3, -0.25) is 0 Å². The van der Waals surface area contributed by atoms with Gasteiger partial charge in [0.2, 0.25) is 0 Å². The Balaban J connectivity index is 1.48. The van der Waals surface area contributed by atoms with Crippen molar-refractivity contribution in [2.45, 2.75) is 51.0 Å². The highest BCUT2D eigenvalue weighted by Gasteiger charge is 2.25. The molecule has 0 saturated heterocycles. The Hall–Kier alpha value is -4.84. The quantitative estimate of drug-likeness (QED) is 0.362. The average molecular weight is 496 g/mol. The summed E-state index contributed by atoms with van der Waals surface area (Å²) in [7, 11) is 0. The number of aldehydes is 1. The highest BCUT2D eigenvalue weighted by Crippen LogP contribution is 2.36. The van der Waals surface area contributed by atoms with Gasteiger partial charge in [0, 0.05) is 23.8 Å². The monoisotopic (exact) mass is 495 g/mol. The molecule has 1 saturated carbocycles. The van der Waals surface area contributed by atoms with Crippen LogP contribution in [0.15, 0.2) is 30.7 Å². The summed E-state index contributed by atoms with van der Waals surface area (Å²) in [5.41, 5.74) is 8.82. The van der Waals surface area contributed by atoms with Crippen LogP contribution in [0, 0.1) is 28.6 Å². The smallest absolute Gasteiger partial charge is 0.167 e. The summed E-state index contributed by atoms with van der Waals surface area (Å²) in [5.74, 6) is 1.32. The minimum Gasteiger partial charge on any atom is -0.383 e. The zero-order valence-corrected chi connectivity index (χ0v) is 20.2. The molecule has 4 aromatic heterocycles. The van der Waals surface area contributed by atoms with Crippen LogP contribution in [-0.2, 0) is 4.79 Å².